The van der Waals surface area contributed by atoms with Crippen LogP contribution in [-0.2, 0) is 0 Å². The maximum Gasteiger partial charge on any atom is 0.141 e. The first-order valence-electron chi connectivity index (χ1n) is 7.47. The number of nitrogens with zero attached hydrogens (tertiary/aromatic N) is 2. The van der Waals surface area contributed by atoms with Crippen molar-refractivity contribution in [3.63, 3.8) is 0 Å². The van der Waals surface area contributed by atoms with Crippen molar-refractivity contribution in [2.24, 2.45) is 9.98 Å². The van der Waals surface area contributed by atoms with Gasteiger partial charge in [0.15, 0.2) is 0 Å². The summed E-state index contributed by atoms with van der Waals surface area (Å²) in [6, 6.07) is 21.4. The van der Waals surface area contributed by atoms with Crippen LogP contribution < -0.4 is 0 Å². The zero-order valence-electron chi connectivity index (χ0n) is 12.9. The van der Waals surface area contributed by atoms with Gasteiger partial charge in [-0.2, -0.15) is 0 Å². The van der Waals surface area contributed by atoms with E-state index in [1.807, 2.05) is 36.4 Å². The van der Waals surface area contributed by atoms with Crippen molar-refractivity contribution >= 4 is 23.8 Å². The van der Waals surface area contributed by atoms with Gasteiger partial charge in [0.05, 0.1) is 0 Å². The smallest absolute Gasteiger partial charge is 0.141 e. The summed E-state index contributed by atoms with van der Waals surface area (Å²) in [5, 5.41) is 19.5. The minimum Gasteiger partial charge on any atom is -0.506 e. The van der Waals surface area contributed by atoms with E-state index in [0.717, 1.165) is 11.1 Å². The summed E-state index contributed by atoms with van der Waals surface area (Å²) >= 11 is 0. The quantitative estimate of drug-likeness (QED) is 0.691. The van der Waals surface area contributed by atoms with E-state index in [1.54, 1.807) is 48.8 Å². The second-order valence-corrected chi connectivity index (χ2v) is 5.12. The van der Waals surface area contributed by atoms with E-state index in [9.17, 15) is 10.2 Å². The number of hydrogen-bond acceptors (Lipinski definition) is 4. The van der Waals surface area contributed by atoms with Gasteiger partial charge in [0.2, 0.25) is 0 Å². The molecule has 0 aliphatic heterocycles. The topological polar surface area (TPSA) is 65.2 Å². The molecule has 0 saturated heterocycles. The molecular formula is C20H16N2O2. The van der Waals surface area contributed by atoms with Crippen molar-refractivity contribution in [1.82, 2.24) is 0 Å². The Hall–Kier alpha value is -3.40. The van der Waals surface area contributed by atoms with E-state index < -0.39 is 0 Å². The van der Waals surface area contributed by atoms with Crippen molar-refractivity contribution in [3.05, 3.63) is 83.9 Å². The monoisotopic (exact) mass is 316 g/mol. The Labute approximate surface area is 140 Å². The van der Waals surface area contributed by atoms with E-state index >= 15 is 0 Å². The Bertz CT molecular complexity index is 827. The molecular weight excluding hydrogens is 300 g/mol. The molecule has 0 radical (unpaired) electrons. The van der Waals surface area contributed by atoms with Gasteiger partial charge in [0, 0.05) is 23.6 Å². The molecule has 0 fully saturated rings. The highest BCUT2D eigenvalue weighted by molar-refractivity contribution is 5.96. The summed E-state index contributed by atoms with van der Waals surface area (Å²) in [5.74, 6) is 0.267. The molecule has 0 unspecified atom stereocenters. The number of rotatable bonds is 4. The average Bonchev–Trinajstić information content (AvgIpc) is 2.61. The lowest BCUT2D eigenvalue weighted by Crippen LogP contribution is -1.90. The van der Waals surface area contributed by atoms with Crippen molar-refractivity contribution in [2.45, 2.75) is 0 Å². The Kier molecular flexibility index (Phi) is 4.68. The van der Waals surface area contributed by atoms with Crippen LogP contribution in [0.15, 0.2) is 82.8 Å². The molecule has 3 rings (SSSR count). The van der Waals surface area contributed by atoms with E-state index in [0.29, 0.717) is 11.4 Å². The van der Waals surface area contributed by atoms with Gasteiger partial charge in [-0.05, 0) is 24.3 Å². The third-order valence-corrected chi connectivity index (χ3v) is 3.44. The van der Waals surface area contributed by atoms with E-state index in [4.69, 9.17) is 0 Å². The fourth-order valence-electron chi connectivity index (χ4n) is 2.17. The van der Waals surface area contributed by atoms with E-state index in [2.05, 4.69) is 9.98 Å². The molecule has 0 aromatic heterocycles. The van der Waals surface area contributed by atoms with Gasteiger partial charge in [0.1, 0.15) is 22.9 Å². The number of para-hydroxylation sites is 4. The highest BCUT2D eigenvalue weighted by Crippen LogP contribution is 2.26. The van der Waals surface area contributed by atoms with Crippen LogP contribution in [0.2, 0.25) is 0 Å². The van der Waals surface area contributed by atoms with Crippen LogP contribution >= 0.6 is 0 Å². The van der Waals surface area contributed by atoms with Crippen molar-refractivity contribution in [1.29, 1.82) is 0 Å². The molecule has 0 heterocycles. The molecule has 0 atom stereocenters. The van der Waals surface area contributed by atoms with Gasteiger partial charge in [-0.15, -0.1) is 0 Å². The molecule has 0 bridgehead atoms. The molecule has 3 aromatic carbocycles. The number of phenolic OH excluding ortho intramolecular Hbond substituents is 2. The molecule has 0 spiro atoms. The number of aliphatic imine (C=N–C) groups is 2. The van der Waals surface area contributed by atoms with Crippen LogP contribution in [0.4, 0.5) is 11.4 Å². The summed E-state index contributed by atoms with van der Waals surface area (Å²) in [7, 11) is 0. The fraction of sp³-hybridized carbons (Fsp3) is 0. The van der Waals surface area contributed by atoms with Gasteiger partial charge in [0.25, 0.3) is 0 Å². The first-order valence-corrected chi connectivity index (χ1v) is 7.47. The highest BCUT2D eigenvalue weighted by atomic mass is 16.3. The average molecular weight is 316 g/mol. The first kappa shape index (κ1) is 15.5. The third kappa shape index (κ3) is 3.67. The molecule has 24 heavy (non-hydrogen) atoms. The minimum atomic E-state index is 0.133. The molecule has 0 aliphatic carbocycles. The third-order valence-electron chi connectivity index (χ3n) is 3.44. The van der Waals surface area contributed by atoms with Crippen LogP contribution in [0.3, 0.4) is 0 Å². The highest BCUT2D eigenvalue weighted by Gasteiger charge is 2.00. The second-order valence-electron chi connectivity index (χ2n) is 5.12. The minimum absolute atomic E-state index is 0.133. The van der Waals surface area contributed by atoms with Gasteiger partial charge in [-0.25, -0.2) is 0 Å². The summed E-state index contributed by atoms with van der Waals surface area (Å²) in [4.78, 5) is 8.65. The van der Waals surface area contributed by atoms with Crippen LogP contribution in [0.5, 0.6) is 11.5 Å². The van der Waals surface area contributed by atoms with Gasteiger partial charge in [-0.1, -0.05) is 48.5 Å². The molecule has 118 valence electrons. The fourth-order valence-corrected chi connectivity index (χ4v) is 2.17. The standard InChI is InChI=1S/C20H16N2O2/c23-19-11-5-3-9-17(19)21-13-15-7-1-2-8-16(15)14-22-18-10-4-6-12-20(18)24/h1-14,23-24H/b21-13+,22-14+. The SMILES string of the molecule is Oc1ccccc1/N=C/c1ccccc1/C=N/c1ccccc1O. The molecule has 3 aromatic rings. The maximum atomic E-state index is 9.77. The number of aromatic hydroxyl groups is 2. The van der Waals surface area contributed by atoms with Crippen LogP contribution in [0.25, 0.3) is 0 Å². The molecule has 2 N–H and O–H groups in total. The van der Waals surface area contributed by atoms with Crippen molar-refractivity contribution in [2.75, 3.05) is 0 Å². The predicted molar refractivity (Wildman–Crippen MR) is 97.2 cm³/mol. The number of hydrogen-bond donors (Lipinski definition) is 2. The normalized spacial score (nSPS) is 11.3. The number of phenols is 2. The first-order chi connectivity index (χ1) is 11.7. The van der Waals surface area contributed by atoms with Crippen LogP contribution in [0.1, 0.15) is 11.1 Å². The molecule has 0 aliphatic rings. The molecule has 4 heteroatoms. The molecule has 0 saturated carbocycles. The second kappa shape index (κ2) is 7.24. The van der Waals surface area contributed by atoms with Crippen LogP contribution in [-0.4, -0.2) is 22.6 Å². The van der Waals surface area contributed by atoms with E-state index in [-0.39, 0.29) is 11.5 Å². The van der Waals surface area contributed by atoms with E-state index in [1.165, 1.54) is 0 Å². The maximum absolute atomic E-state index is 9.77. The summed E-state index contributed by atoms with van der Waals surface area (Å²) < 4.78 is 0. The number of benzene rings is 3. The Morgan fingerprint density at radius 2 is 0.917 bits per heavy atom. The lowest BCUT2D eigenvalue weighted by molar-refractivity contribution is 0.476. The lowest BCUT2D eigenvalue weighted by Gasteiger charge is -2.02. The summed E-state index contributed by atoms with van der Waals surface area (Å²) in [6.07, 6.45) is 3.36. The Balaban J connectivity index is 1.89. The zero-order valence-corrected chi connectivity index (χ0v) is 12.9. The van der Waals surface area contributed by atoms with Gasteiger partial charge in [-0.3, -0.25) is 9.98 Å². The molecule has 4 nitrogen and oxygen atoms in total. The Morgan fingerprint density at radius 1 is 0.542 bits per heavy atom. The molecule has 0 amide bonds. The lowest BCUT2D eigenvalue weighted by atomic mass is 10.1. The van der Waals surface area contributed by atoms with Crippen molar-refractivity contribution < 1.29 is 10.2 Å². The summed E-state index contributed by atoms with van der Waals surface area (Å²) in [6.45, 7) is 0. The predicted octanol–water partition coefficient (Wildman–Crippen LogP) is 4.60. The Morgan fingerprint density at radius 3 is 1.33 bits per heavy atom. The zero-order chi connectivity index (χ0) is 16.8. The van der Waals surface area contributed by atoms with Crippen molar-refractivity contribution in [3.8, 4) is 11.5 Å². The van der Waals surface area contributed by atoms with Crippen LogP contribution in [0, 0.1) is 0 Å². The summed E-state index contributed by atoms with van der Waals surface area (Å²) in [5.41, 5.74) is 2.73. The van der Waals surface area contributed by atoms with Gasteiger partial charge < -0.3 is 10.2 Å². The van der Waals surface area contributed by atoms with Gasteiger partial charge >= 0.3 is 0 Å². The largest absolute Gasteiger partial charge is 0.506 e.